The highest BCUT2D eigenvalue weighted by atomic mass is 16.6. The van der Waals surface area contributed by atoms with Crippen LogP contribution < -0.4 is 10.6 Å². The molecule has 2 heterocycles. The molecule has 0 bridgehead atoms. The average Bonchev–Trinajstić information content (AvgIpc) is 2.75. The van der Waals surface area contributed by atoms with Gasteiger partial charge in [-0.1, -0.05) is 0 Å². The zero-order valence-corrected chi connectivity index (χ0v) is 12.4. The summed E-state index contributed by atoms with van der Waals surface area (Å²) in [6, 6.07) is 0.107. The summed E-state index contributed by atoms with van der Waals surface area (Å²) in [6.07, 6.45) is 2.10. The van der Waals surface area contributed by atoms with Crippen molar-refractivity contribution < 1.29 is 4.92 Å². The molecule has 1 saturated heterocycles. The number of hydrogen-bond donors (Lipinski definition) is 1. The third-order valence-corrected chi connectivity index (χ3v) is 4.10. The molecule has 1 aromatic rings. The molecule has 2 rings (SSSR count). The number of nitrogens with zero attached hydrogens (tertiary/aromatic N) is 4. The van der Waals surface area contributed by atoms with Crippen LogP contribution in [0.15, 0.2) is 0 Å². The molecule has 2 N–H and O–H groups in total. The summed E-state index contributed by atoms with van der Waals surface area (Å²) in [5.74, 6) is 1.68. The van der Waals surface area contributed by atoms with E-state index >= 15 is 0 Å². The quantitative estimate of drug-likeness (QED) is 0.670. The van der Waals surface area contributed by atoms with Gasteiger partial charge >= 0.3 is 5.82 Å². The van der Waals surface area contributed by atoms with Crippen LogP contribution in [0.25, 0.3) is 0 Å². The maximum Gasteiger partial charge on any atom is 0.406 e. The number of anilines is 1. The van der Waals surface area contributed by atoms with Gasteiger partial charge in [0, 0.05) is 32.6 Å². The molecular weight excluding hydrogens is 258 g/mol. The molecule has 7 nitrogen and oxygen atoms in total. The van der Waals surface area contributed by atoms with Gasteiger partial charge in [0.15, 0.2) is 0 Å². The van der Waals surface area contributed by atoms with Crippen molar-refractivity contribution in [2.75, 3.05) is 18.0 Å². The lowest BCUT2D eigenvalue weighted by molar-refractivity contribution is -0.388. The van der Waals surface area contributed by atoms with Crippen LogP contribution in [0.3, 0.4) is 0 Å². The minimum absolute atomic E-state index is 0.0327. The number of nitro groups is 1. The number of aryl methyl sites for hydroxylation is 1. The lowest BCUT2D eigenvalue weighted by Gasteiger charge is -2.35. The SMILES string of the molecule is CCn1c(C)nc([N+](=O)[O-])c1N1CCCC(C(C)N)C1. The molecule has 20 heavy (non-hydrogen) atoms. The largest absolute Gasteiger partial charge is 0.406 e. The van der Waals surface area contributed by atoms with Crippen molar-refractivity contribution in [2.45, 2.75) is 46.2 Å². The van der Waals surface area contributed by atoms with Gasteiger partial charge in [-0.3, -0.25) is 4.57 Å². The van der Waals surface area contributed by atoms with E-state index in [1.165, 1.54) is 0 Å². The number of piperidine rings is 1. The Morgan fingerprint density at radius 2 is 2.30 bits per heavy atom. The van der Waals surface area contributed by atoms with E-state index in [0.29, 0.717) is 24.1 Å². The van der Waals surface area contributed by atoms with Crippen molar-refractivity contribution >= 4 is 11.6 Å². The molecule has 112 valence electrons. The van der Waals surface area contributed by atoms with Gasteiger partial charge in [-0.15, -0.1) is 0 Å². The molecule has 0 aromatic carbocycles. The molecule has 0 amide bonds. The summed E-state index contributed by atoms with van der Waals surface area (Å²) in [7, 11) is 0. The van der Waals surface area contributed by atoms with Crippen LogP contribution in [0.1, 0.15) is 32.5 Å². The topological polar surface area (TPSA) is 90.2 Å². The van der Waals surface area contributed by atoms with Crippen LogP contribution in [0.2, 0.25) is 0 Å². The number of rotatable bonds is 4. The summed E-state index contributed by atoms with van der Waals surface area (Å²) < 4.78 is 1.92. The first kappa shape index (κ1) is 14.8. The van der Waals surface area contributed by atoms with Crippen molar-refractivity contribution in [3.63, 3.8) is 0 Å². The minimum Gasteiger partial charge on any atom is -0.358 e. The van der Waals surface area contributed by atoms with E-state index in [4.69, 9.17) is 5.73 Å². The Labute approximate surface area is 118 Å². The zero-order valence-electron chi connectivity index (χ0n) is 12.4. The Morgan fingerprint density at radius 3 is 2.85 bits per heavy atom. The van der Waals surface area contributed by atoms with Gasteiger partial charge in [0.25, 0.3) is 0 Å². The number of hydrogen-bond acceptors (Lipinski definition) is 5. The highest BCUT2D eigenvalue weighted by Crippen LogP contribution is 2.32. The molecule has 1 aliphatic heterocycles. The molecule has 1 aromatic heterocycles. The molecule has 2 atom stereocenters. The van der Waals surface area contributed by atoms with Crippen molar-refractivity contribution in [3.05, 3.63) is 15.9 Å². The van der Waals surface area contributed by atoms with Gasteiger partial charge in [-0.2, -0.15) is 0 Å². The Kier molecular flexibility index (Phi) is 4.27. The first-order chi connectivity index (χ1) is 9.45. The summed E-state index contributed by atoms with van der Waals surface area (Å²) >= 11 is 0. The van der Waals surface area contributed by atoms with Crippen molar-refractivity contribution in [1.82, 2.24) is 9.55 Å². The van der Waals surface area contributed by atoms with Crippen molar-refractivity contribution in [1.29, 1.82) is 0 Å². The predicted molar refractivity (Wildman–Crippen MR) is 77.9 cm³/mol. The monoisotopic (exact) mass is 281 g/mol. The highest BCUT2D eigenvalue weighted by molar-refractivity contribution is 5.56. The molecule has 7 heteroatoms. The molecule has 0 spiro atoms. The minimum atomic E-state index is -0.385. The third kappa shape index (κ3) is 2.63. The van der Waals surface area contributed by atoms with Crippen molar-refractivity contribution in [2.24, 2.45) is 11.7 Å². The third-order valence-electron chi connectivity index (χ3n) is 4.10. The van der Waals surface area contributed by atoms with E-state index in [9.17, 15) is 10.1 Å². The van der Waals surface area contributed by atoms with Crippen LogP contribution in [0.4, 0.5) is 11.6 Å². The summed E-state index contributed by atoms with van der Waals surface area (Å²) in [4.78, 5) is 17.1. The summed E-state index contributed by atoms with van der Waals surface area (Å²) in [5.41, 5.74) is 6.00. The van der Waals surface area contributed by atoms with E-state index in [1.54, 1.807) is 0 Å². The predicted octanol–water partition coefficient (Wildman–Crippen LogP) is 1.68. The molecule has 1 aliphatic rings. The second kappa shape index (κ2) is 5.78. The van der Waals surface area contributed by atoms with Crippen LogP contribution in [0, 0.1) is 23.0 Å². The fourth-order valence-electron chi connectivity index (χ4n) is 2.98. The molecular formula is C13H23N5O2. The Hall–Kier alpha value is -1.63. The van der Waals surface area contributed by atoms with Crippen LogP contribution in [-0.2, 0) is 6.54 Å². The first-order valence-electron chi connectivity index (χ1n) is 7.17. The maximum absolute atomic E-state index is 11.2. The van der Waals surface area contributed by atoms with Gasteiger partial charge in [-0.05, 0) is 42.5 Å². The lowest BCUT2D eigenvalue weighted by atomic mass is 9.92. The molecule has 0 saturated carbocycles. The smallest absolute Gasteiger partial charge is 0.358 e. The second-order valence-electron chi connectivity index (χ2n) is 5.52. The van der Waals surface area contributed by atoms with Gasteiger partial charge in [0.05, 0.1) is 0 Å². The maximum atomic E-state index is 11.2. The number of aromatic nitrogens is 2. The van der Waals surface area contributed by atoms with E-state index in [1.807, 2.05) is 25.3 Å². The van der Waals surface area contributed by atoms with E-state index in [0.717, 1.165) is 25.9 Å². The zero-order chi connectivity index (χ0) is 14.9. The molecule has 0 aliphatic carbocycles. The Morgan fingerprint density at radius 1 is 1.60 bits per heavy atom. The van der Waals surface area contributed by atoms with Gasteiger partial charge in [-0.25, -0.2) is 0 Å². The normalized spacial score (nSPS) is 21.0. The standard InChI is InChI=1S/C13H23N5O2/c1-4-17-10(3)15-12(18(19)20)13(17)16-7-5-6-11(8-16)9(2)14/h9,11H,4-8,14H2,1-3H3. The number of nitrogens with two attached hydrogens (primary N) is 1. The first-order valence-corrected chi connectivity index (χ1v) is 7.17. The Bertz CT molecular complexity index is 497. The highest BCUT2D eigenvalue weighted by Gasteiger charge is 2.32. The lowest BCUT2D eigenvalue weighted by Crippen LogP contribution is -2.43. The second-order valence-corrected chi connectivity index (χ2v) is 5.52. The molecule has 2 unspecified atom stereocenters. The average molecular weight is 281 g/mol. The van der Waals surface area contributed by atoms with Gasteiger partial charge < -0.3 is 20.7 Å². The fraction of sp³-hybridized carbons (Fsp3) is 0.769. The van der Waals surface area contributed by atoms with E-state index < -0.39 is 0 Å². The van der Waals surface area contributed by atoms with Crippen LogP contribution in [-0.4, -0.2) is 33.6 Å². The van der Waals surface area contributed by atoms with Gasteiger partial charge in [0.1, 0.15) is 0 Å². The summed E-state index contributed by atoms with van der Waals surface area (Å²) in [6.45, 7) is 8.08. The van der Waals surface area contributed by atoms with Crippen LogP contribution >= 0.6 is 0 Å². The molecule has 1 fully saturated rings. The van der Waals surface area contributed by atoms with E-state index in [2.05, 4.69) is 9.88 Å². The Balaban J connectivity index is 2.37. The molecule has 0 radical (unpaired) electrons. The van der Waals surface area contributed by atoms with Gasteiger partial charge in [0.2, 0.25) is 11.6 Å². The van der Waals surface area contributed by atoms with Crippen molar-refractivity contribution in [3.8, 4) is 0 Å². The van der Waals surface area contributed by atoms with E-state index in [-0.39, 0.29) is 16.8 Å². The van der Waals surface area contributed by atoms with Crippen LogP contribution in [0.5, 0.6) is 0 Å². The fourth-order valence-corrected chi connectivity index (χ4v) is 2.98. The number of imidazole rings is 1. The summed E-state index contributed by atoms with van der Waals surface area (Å²) in [5, 5.41) is 11.2.